The van der Waals surface area contributed by atoms with Crippen molar-refractivity contribution in [3.8, 4) is 23.0 Å². The van der Waals surface area contributed by atoms with Crippen molar-refractivity contribution in [2.24, 2.45) is 0 Å². The maximum Gasteiger partial charge on any atom is 0.471 e. The van der Waals surface area contributed by atoms with Gasteiger partial charge in [0.25, 0.3) is 5.24 Å². The third kappa shape index (κ3) is 8.46. The fourth-order valence-corrected chi connectivity index (χ4v) is 5.36. The molecule has 0 saturated carbocycles. The van der Waals surface area contributed by atoms with Gasteiger partial charge in [-0.25, -0.2) is 14.3 Å². The lowest BCUT2D eigenvalue weighted by molar-refractivity contribution is -0.133. The number of methoxy groups -OCH3 is 3. The Hall–Kier alpha value is -4.13. The van der Waals surface area contributed by atoms with Crippen LogP contribution in [0.15, 0.2) is 66.7 Å². The second-order valence-electron chi connectivity index (χ2n) is 9.06. The van der Waals surface area contributed by atoms with E-state index < -0.39 is 36.9 Å². The van der Waals surface area contributed by atoms with Gasteiger partial charge in [0.1, 0.15) is 29.7 Å². The fraction of sp³-hybridized carbons (Fsp3) is 0.207. The smallest absolute Gasteiger partial charge is 0.471 e. The molecule has 0 spiro atoms. The Labute approximate surface area is 251 Å². The molecule has 4 rings (SSSR count). The first-order chi connectivity index (χ1) is 20.5. The first-order valence-corrected chi connectivity index (χ1v) is 15.0. The van der Waals surface area contributed by atoms with Gasteiger partial charge in [-0.2, -0.15) is 0 Å². The zero-order chi connectivity index (χ0) is 31.1. The van der Waals surface area contributed by atoms with E-state index in [9.17, 15) is 18.9 Å². The molecule has 1 atom stereocenters. The summed E-state index contributed by atoms with van der Waals surface area (Å²) in [4.78, 5) is 55.6. The van der Waals surface area contributed by atoms with Crippen LogP contribution in [0.4, 0.5) is 4.79 Å². The third-order valence-electron chi connectivity index (χ3n) is 6.20. The molecular weight excluding hydrogens is 601 g/mol. The molecule has 43 heavy (non-hydrogen) atoms. The predicted molar refractivity (Wildman–Crippen MR) is 158 cm³/mol. The number of thioether (sulfide) groups is 1. The van der Waals surface area contributed by atoms with Gasteiger partial charge in [0.2, 0.25) is 5.91 Å². The fourth-order valence-electron chi connectivity index (χ4n) is 4.07. The van der Waals surface area contributed by atoms with E-state index in [0.717, 1.165) is 17.3 Å². The van der Waals surface area contributed by atoms with Gasteiger partial charge in [-0.05, 0) is 65.6 Å². The number of carbonyl (C=O) groups excluding carboxylic acids is 3. The van der Waals surface area contributed by atoms with Crippen molar-refractivity contribution in [1.82, 2.24) is 4.90 Å². The maximum absolute atomic E-state index is 12.6. The molecule has 12 nitrogen and oxygen atoms in total. The van der Waals surface area contributed by atoms with Crippen LogP contribution in [0, 0.1) is 0 Å². The molecule has 14 heteroatoms. The molecule has 1 saturated heterocycles. The Morgan fingerprint density at radius 1 is 0.907 bits per heavy atom. The average molecular weight is 630 g/mol. The third-order valence-corrected chi connectivity index (χ3v) is 7.72. The standard InChI is InChI=1S/C29H28NO11PS/c1-37-23-12-19(13-24(16-23)38-2)14-25(28(32)39-3)20-6-10-22(11-7-20)41-21-8-4-18(5-9-21)15-26-27(31)30(29(33)43-26)17-40-42(34,35)36/h4-14,16,26H,15,17H2,1-3H3,(H2,34,35,36)/b25-14+. The SMILES string of the molecule is COC(=O)/C(=C/c1cc(OC)cc(OC)c1)c1ccc(Oc2ccc(CC3SC(=O)N(COP(=O)(O)O)C3=O)cc2)cc1. The molecule has 1 aliphatic rings. The van der Waals surface area contributed by atoms with Crippen LogP contribution >= 0.6 is 19.6 Å². The van der Waals surface area contributed by atoms with Gasteiger partial charge < -0.3 is 28.7 Å². The minimum absolute atomic E-state index is 0.221. The first kappa shape index (κ1) is 31.8. The number of benzene rings is 3. The van der Waals surface area contributed by atoms with E-state index in [1.54, 1.807) is 72.8 Å². The van der Waals surface area contributed by atoms with E-state index in [-0.39, 0.29) is 6.42 Å². The topological polar surface area (TPSA) is 158 Å². The average Bonchev–Trinajstić information content (AvgIpc) is 3.26. The summed E-state index contributed by atoms with van der Waals surface area (Å²) in [6.45, 7) is -0.816. The van der Waals surface area contributed by atoms with Gasteiger partial charge in [-0.1, -0.05) is 36.0 Å². The summed E-state index contributed by atoms with van der Waals surface area (Å²) >= 11 is 0.768. The van der Waals surface area contributed by atoms with E-state index in [4.69, 9.17) is 28.7 Å². The summed E-state index contributed by atoms with van der Waals surface area (Å²) in [5, 5.41) is -1.39. The van der Waals surface area contributed by atoms with E-state index in [2.05, 4.69) is 4.52 Å². The van der Waals surface area contributed by atoms with Gasteiger partial charge in [-0.3, -0.25) is 14.1 Å². The molecule has 1 heterocycles. The molecule has 1 unspecified atom stereocenters. The van der Waals surface area contributed by atoms with Gasteiger partial charge in [0.05, 0.1) is 32.2 Å². The van der Waals surface area contributed by atoms with Crippen molar-refractivity contribution in [3.05, 3.63) is 83.4 Å². The van der Waals surface area contributed by atoms with Gasteiger partial charge >= 0.3 is 13.8 Å². The largest absolute Gasteiger partial charge is 0.497 e. The van der Waals surface area contributed by atoms with Crippen LogP contribution in [0.25, 0.3) is 11.6 Å². The van der Waals surface area contributed by atoms with Crippen LogP contribution in [0.1, 0.15) is 16.7 Å². The zero-order valence-corrected chi connectivity index (χ0v) is 25.0. The maximum atomic E-state index is 12.6. The second kappa shape index (κ2) is 13.9. The number of phosphoric ester groups is 1. The van der Waals surface area contributed by atoms with Crippen molar-refractivity contribution in [3.63, 3.8) is 0 Å². The minimum atomic E-state index is -4.83. The number of esters is 1. The summed E-state index contributed by atoms with van der Waals surface area (Å²) in [5.41, 5.74) is 2.35. The molecule has 0 radical (unpaired) electrons. The number of rotatable bonds is 12. The molecule has 226 valence electrons. The van der Waals surface area contributed by atoms with Crippen molar-refractivity contribution in [2.45, 2.75) is 11.7 Å². The molecule has 2 N–H and O–H groups in total. The molecule has 1 fully saturated rings. The van der Waals surface area contributed by atoms with Gasteiger partial charge in [0.15, 0.2) is 0 Å². The number of imide groups is 1. The van der Waals surface area contributed by atoms with Crippen LogP contribution < -0.4 is 14.2 Å². The Bertz CT molecular complexity index is 1550. The van der Waals surface area contributed by atoms with Crippen LogP contribution in [-0.2, 0) is 29.8 Å². The highest BCUT2D eigenvalue weighted by Crippen LogP contribution is 2.38. The van der Waals surface area contributed by atoms with Crippen molar-refractivity contribution in [1.29, 1.82) is 0 Å². The highest BCUT2D eigenvalue weighted by atomic mass is 32.2. The monoisotopic (exact) mass is 629 g/mol. The second-order valence-corrected chi connectivity index (χ2v) is 11.5. The van der Waals surface area contributed by atoms with E-state index in [0.29, 0.717) is 44.6 Å². The van der Waals surface area contributed by atoms with Crippen molar-refractivity contribution < 1.29 is 52.2 Å². The Morgan fingerprint density at radius 3 is 2.02 bits per heavy atom. The summed E-state index contributed by atoms with van der Waals surface area (Å²) in [5.74, 6) is 1.06. The zero-order valence-electron chi connectivity index (χ0n) is 23.3. The molecule has 1 aliphatic heterocycles. The number of carbonyl (C=O) groups is 3. The van der Waals surface area contributed by atoms with Crippen LogP contribution in [-0.4, -0.2) is 65.1 Å². The summed E-state index contributed by atoms with van der Waals surface area (Å²) < 4.78 is 36.8. The van der Waals surface area contributed by atoms with Gasteiger partial charge in [0, 0.05) is 6.07 Å². The quantitative estimate of drug-likeness (QED) is 0.121. The highest BCUT2D eigenvalue weighted by molar-refractivity contribution is 8.15. The lowest BCUT2D eigenvalue weighted by atomic mass is 10.0. The number of ether oxygens (including phenoxy) is 4. The van der Waals surface area contributed by atoms with E-state index in [1.165, 1.54) is 21.3 Å². The summed E-state index contributed by atoms with van der Waals surface area (Å²) in [6.07, 6.45) is 1.90. The molecular formula is C29H28NO11PS. The number of hydrogen-bond donors (Lipinski definition) is 2. The lowest BCUT2D eigenvalue weighted by Gasteiger charge is -2.14. The molecule has 0 bridgehead atoms. The Morgan fingerprint density at radius 2 is 1.49 bits per heavy atom. The Kier molecular flexibility index (Phi) is 10.3. The molecule has 3 aromatic rings. The normalized spacial score (nSPS) is 15.4. The number of hydrogen-bond acceptors (Lipinski definition) is 10. The van der Waals surface area contributed by atoms with Gasteiger partial charge in [-0.15, -0.1) is 0 Å². The number of nitrogens with zero attached hydrogens (tertiary/aromatic N) is 1. The van der Waals surface area contributed by atoms with E-state index in [1.807, 2.05) is 0 Å². The number of phosphoric acid groups is 1. The predicted octanol–water partition coefficient (Wildman–Crippen LogP) is 4.88. The van der Waals surface area contributed by atoms with Crippen molar-refractivity contribution >= 4 is 48.3 Å². The van der Waals surface area contributed by atoms with Crippen LogP contribution in [0.3, 0.4) is 0 Å². The molecule has 0 aliphatic carbocycles. The Balaban J connectivity index is 1.42. The van der Waals surface area contributed by atoms with Crippen LogP contribution in [0.5, 0.6) is 23.0 Å². The van der Waals surface area contributed by atoms with E-state index >= 15 is 0 Å². The van der Waals surface area contributed by atoms with Crippen LogP contribution in [0.2, 0.25) is 0 Å². The van der Waals surface area contributed by atoms with Crippen molar-refractivity contribution in [2.75, 3.05) is 28.1 Å². The first-order valence-electron chi connectivity index (χ1n) is 12.6. The summed E-state index contributed by atoms with van der Waals surface area (Å²) in [7, 11) is -0.443. The number of amides is 2. The minimum Gasteiger partial charge on any atom is -0.497 e. The highest BCUT2D eigenvalue weighted by Gasteiger charge is 2.40. The molecule has 0 aromatic heterocycles. The summed E-state index contributed by atoms with van der Waals surface area (Å²) in [6, 6.07) is 19.0. The molecule has 3 aromatic carbocycles. The molecule has 2 amide bonds. The lowest BCUT2D eigenvalue weighted by Crippen LogP contribution is -2.33.